The minimum absolute atomic E-state index is 0.0173. The van der Waals surface area contributed by atoms with Gasteiger partial charge in [-0.1, -0.05) is 18.2 Å². The first kappa shape index (κ1) is 22.4. The number of carbonyl (C=O) groups is 3. The molecule has 162 valence electrons. The normalized spacial score (nSPS) is 14.9. The van der Waals surface area contributed by atoms with Gasteiger partial charge < -0.3 is 14.6 Å². The third kappa shape index (κ3) is 5.08. The summed E-state index contributed by atoms with van der Waals surface area (Å²) in [5.41, 5.74) is 3.14. The summed E-state index contributed by atoms with van der Waals surface area (Å²) in [4.78, 5) is 37.8. The number of hydrogen-bond acceptors (Lipinski definition) is 6. The first-order chi connectivity index (χ1) is 14.8. The molecule has 7 nitrogen and oxygen atoms in total. The Morgan fingerprint density at radius 2 is 1.90 bits per heavy atom. The average Bonchev–Trinajstić information content (AvgIpc) is 2.99. The van der Waals surface area contributed by atoms with Gasteiger partial charge in [-0.25, -0.2) is 4.90 Å². The summed E-state index contributed by atoms with van der Waals surface area (Å²) >= 11 is 0.888. The molecule has 0 radical (unpaired) electrons. The summed E-state index contributed by atoms with van der Waals surface area (Å²) in [6.45, 7) is 6.05. The predicted molar refractivity (Wildman–Crippen MR) is 120 cm³/mol. The van der Waals surface area contributed by atoms with E-state index in [1.54, 1.807) is 30.3 Å². The van der Waals surface area contributed by atoms with Gasteiger partial charge in [-0.3, -0.25) is 14.4 Å². The van der Waals surface area contributed by atoms with Gasteiger partial charge in [0, 0.05) is 0 Å². The summed E-state index contributed by atoms with van der Waals surface area (Å²) < 4.78 is 11.1. The van der Waals surface area contributed by atoms with Crippen LogP contribution in [0.3, 0.4) is 0 Å². The lowest BCUT2D eigenvalue weighted by molar-refractivity contribution is -0.137. The lowest BCUT2D eigenvalue weighted by Crippen LogP contribution is -2.28. The zero-order valence-corrected chi connectivity index (χ0v) is 18.3. The molecule has 0 unspecified atom stereocenters. The van der Waals surface area contributed by atoms with Crippen LogP contribution in [0.4, 0.5) is 10.5 Å². The maximum absolute atomic E-state index is 13.0. The molecule has 0 atom stereocenters. The molecular weight excluding hydrogens is 418 g/mol. The second-order valence-electron chi connectivity index (χ2n) is 6.87. The fraction of sp³-hybridized carbons (Fsp3) is 0.261. The maximum atomic E-state index is 13.0. The van der Waals surface area contributed by atoms with Crippen molar-refractivity contribution in [2.45, 2.75) is 27.2 Å². The van der Waals surface area contributed by atoms with E-state index in [1.807, 2.05) is 32.9 Å². The van der Waals surface area contributed by atoms with E-state index in [1.165, 1.54) is 4.90 Å². The van der Waals surface area contributed by atoms with Crippen molar-refractivity contribution in [3.05, 3.63) is 58.0 Å². The van der Waals surface area contributed by atoms with Crippen molar-refractivity contribution < 1.29 is 29.0 Å². The predicted octanol–water partition coefficient (Wildman–Crippen LogP) is 4.80. The van der Waals surface area contributed by atoms with E-state index in [0.29, 0.717) is 34.3 Å². The topological polar surface area (TPSA) is 93.1 Å². The van der Waals surface area contributed by atoms with E-state index in [-0.39, 0.29) is 24.2 Å². The van der Waals surface area contributed by atoms with Crippen molar-refractivity contribution in [1.29, 1.82) is 0 Å². The molecule has 1 heterocycles. The fourth-order valence-corrected chi connectivity index (χ4v) is 3.89. The fourth-order valence-electron chi connectivity index (χ4n) is 3.05. The number of thioether (sulfide) groups is 1. The molecule has 2 aromatic rings. The van der Waals surface area contributed by atoms with Crippen LogP contribution < -0.4 is 14.4 Å². The van der Waals surface area contributed by atoms with Gasteiger partial charge in [-0.2, -0.15) is 0 Å². The van der Waals surface area contributed by atoms with Gasteiger partial charge in [-0.05, 0) is 73.5 Å². The molecule has 8 heteroatoms. The van der Waals surface area contributed by atoms with Gasteiger partial charge in [0.05, 0.1) is 30.2 Å². The van der Waals surface area contributed by atoms with E-state index in [9.17, 15) is 14.4 Å². The number of rotatable bonds is 8. The molecule has 2 amide bonds. The number of amides is 2. The maximum Gasteiger partial charge on any atom is 0.306 e. The smallest absolute Gasteiger partial charge is 0.306 e. The summed E-state index contributed by atoms with van der Waals surface area (Å²) in [6, 6.07) is 10.6. The van der Waals surface area contributed by atoms with Crippen LogP contribution in [0.5, 0.6) is 11.5 Å². The van der Waals surface area contributed by atoms with E-state index in [4.69, 9.17) is 14.6 Å². The van der Waals surface area contributed by atoms with E-state index < -0.39 is 5.97 Å². The van der Waals surface area contributed by atoms with Crippen LogP contribution >= 0.6 is 11.8 Å². The summed E-state index contributed by atoms with van der Waals surface area (Å²) in [7, 11) is 0. The number of carbonyl (C=O) groups excluding carboxylic acids is 2. The molecule has 0 aromatic heterocycles. The van der Waals surface area contributed by atoms with Crippen LogP contribution in [0.25, 0.3) is 6.08 Å². The highest BCUT2D eigenvalue weighted by atomic mass is 32.2. The van der Waals surface area contributed by atoms with Gasteiger partial charge in [-0.15, -0.1) is 0 Å². The molecule has 0 bridgehead atoms. The van der Waals surface area contributed by atoms with Gasteiger partial charge in [0.2, 0.25) is 0 Å². The van der Waals surface area contributed by atoms with Crippen molar-refractivity contribution >= 4 is 40.6 Å². The Hall–Kier alpha value is -3.26. The van der Waals surface area contributed by atoms with Gasteiger partial charge in [0.15, 0.2) is 11.5 Å². The van der Waals surface area contributed by atoms with Crippen LogP contribution in [-0.2, 0) is 9.59 Å². The molecule has 0 aliphatic carbocycles. The molecule has 0 saturated carbocycles. The minimum Gasteiger partial charge on any atom is -0.490 e. The standard InChI is InChI=1S/C23H23NO6S/c1-4-29-19-12-16(8-9-18(19)30-11-10-21(25)26)13-20-22(27)24(23(28)31-20)17-7-5-6-14(2)15(17)3/h5-9,12-13H,4,10-11H2,1-3H3,(H,25,26)/b20-13+. The molecule has 1 fully saturated rings. The average molecular weight is 442 g/mol. The highest BCUT2D eigenvalue weighted by molar-refractivity contribution is 8.19. The van der Waals surface area contributed by atoms with E-state index >= 15 is 0 Å². The number of ether oxygens (including phenoxy) is 2. The Morgan fingerprint density at radius 1 is 1.13 bits per heavy atom. The van der Waals surface area contributed by atoms with Gasteiger partial charge >= 0.3 is 5.97 Å². The minimum atomic E-state index is -0.950. The second kappa shape index (κ2) is 9.70. The molecule has 1 aliphatic heterocycles. The van der Waals surface area contributed by atoms with Crippen LogP contribution in [0, 0.1) is 13.8 Å². The molecule has 3 rings (SSSR count). The van der Waals surface area contributed by atoms with Crippen LogP contribution in [-0.4, -0.2) is 35.4 Å². The number of anilines is 1. The summed E-state index contributed by atoms with van der Waals surface area (Å²) in [5, 5.41) is 8.42. The highest BCUT2D eigenvalue weighted by Gasteiger charge is 2.37. The first-order valence-electron chi connectivity index (χ1n) is 9.77. The van der Waals surface area contributed by atoms with Crippen molar-refractivity contribution in [1.82, 2.24) is 0 Å². The van der Waals surface area contributed by atoms with Gasteiger partial charge in [0.25, 0.3) is 11.1 Å². The molecular formula is C23H23NO6S. The zero-order valence-electron chi connectivity index (χ0n) is 17.5. The number of nitrogens with zero attached hydrogens (tertiary/aromatic N) is 1. The first-order valence-corrected chi connectivity index (χ1v) is 10.6. The van der Waals surface area contributed by atoms with Gasteiger partial charge in [0.1, 0.15) is 0 Å². The number of aryl methyl sites for hydroxylation is 1. The molecule has 1 N–H and O–H groups in total. The van der Waals surface area contributed by atoms with Crippen molar-refractivity contribution in [3.8, 4) is 11.5 Å². The number of imide groups is 1. The molecule has 1 aliphatic rings. The number of aliphatic carboxylic acids is 1. The van der Waals surface area contributed by atoms with Crippen LogP contribution in [0.15, 0.2) is 41.3 Å². The number of hydrogen-bond donors (Lipinski definition) is 1. The third-order valence-electron chi connectivity index (χ3n) is 4.75. The second-order valence-corrected chi connectivity index (χ2v) is 7.86. The van der Waals surface area contributed by atoms with Crippen molar-refractivity contribution in [2.24, 2.45) is 0 Å². The lowest BCUT2D eigenvalue weighted by Gasteiger charge is -2.16. The monoisotopic (exact) mass is 441 g/mol. The van der Waals surface area contributed by atoms with E-state index in [0.717, 1.165) is 22.9 Å². The summed E-state index contributed by atoms with van der Waals surface area (Å²) in [6.07, 6.45) is 1.51. The molecule has 31 heavy (non-hydrogen) atoms. The molecule has 0 spiro atoms. The highest BCUT2D eigenvalue weighted by Crippen LogP contribution is 2.38. The Balaban J connectivity index is 1.86. The lowest BCUT2D eigenvalue weighted by atomic mass is 10.1. The number of carboxylic acid groups (broad SMARTS) is 1. The molecule has 1 saturated heterocycles. The molecule has 2 aromatic carbocycles. The SMILES string of the molecule is CCOc1cc(/C=C2/SC(=O)N(c3cccc(C)c3C)C2=O)ccc1OCCC(=O)O. The van der Waals surface area contributed by atoms with Crippen molar-refractivity contribution in [2.75, 3.05) is 18.1 Å². The third-order valence-corrected chi connectivity index (χ3v) is 5.62. The zero-order chi connectivity index (χ0) is 22.5. The van der Waals surface area contributed by atoms with Crippen LogP contribution in [0.1, 0.15) is 30.0 Å². The summed E-state index contributed by atoms with van der Waals surface area (Å²) in [5.74, 6) is -0.461. The largest absolute Gasteiger partial charge is 0.490 e. The Bertz CT molecular complexity index is 1060. The Kier molecular flexibility index (Phi) is 7.02. The number of benzene rings is 2. The quantitative estimate of drug-likeness (QED) is 0.588. The Labute approximate surface area is 184 Å². The van der Waals surface area contributed by atoms with Crippen molar-refractivity contribution in [3.63, 3.8) is 0 Å². The Morgan fingerprint density at radius 3 is 2.61 bits per heavy atom. The van der Waals surface area contributed by atoms with E-state index in [2.05, 4.69) is 0 Å². The van der Waals surface area contributed by atoms with Crippen LogP contribution in [0.2, 0.25) is 0 Å². The number of carboxylic acids is 1.